The second kappa shape index (κ2) is 6.49. The van der Waals surface area contributed by atoms with E-state index in [1.807, 2.05) is 48.1 Å². The van der Waals surface area contributed by atoms with Crippen molar-refractivity contribution < 1.29 is 18.8 Å². The number of anilines is 1. The van der Waals surface area contributed by atoms with Crippen LogP contribution in [0.25, 0.3) is 11.3 Å². The van der Waals surface area contributed by atoms with Gasteiger partial charge in [0.2, 0.25) is 6.79 Å². The molecule has 132 valence electrons. The SMILES string of the molecule is Cn1c(-c2ccc3c(c2)OCO3)c[n+](CC(=O)c2ccc(Br)cc2)c1N. The van der Waals surface area contributed by atoms with Gasteiger partial charge in [-0.3, -0.25) is 10.5 Å². The number of nitrogens with zero attached hydrogens (tertiary/aromatic N) is 2. The Morgan fingerprint density at radius 2 is 1.92 bits per heavy atom. The van der Waals surface area contributed by atoms with Crippen LogP contribution >= 0.6 is 15.9 Å². The number of ketones is 1. The summed E-state index contributed by atoms with van der Waals surface area (Å²) in [6, 6.07) is 13.0. The maximum Gasteiger partial charge on any atom is 0.355 e. The molecule has 0 spiro atoms. The number of halogens is 1. The van der Waals surface area contributed by atoms with Gasteiger partial charge in [0.15, 0.2) is 17.3 Å². The molecule has 6 nitrogen and oxygen atoms in total. The summed E-state index contributed by atoms with van der Waals surface area (Å²) in [6.07, 6.45) is 1.88. The van der Waals surface area contributed by atoms with Gasteiger partial charge in [0.1, 0.15) is 18.4 Å². The molecule has 0 radical (unpaired) electrons. The topological polar surface area (TPSA) is 70.4 Å². The molecule has 1 aliphatic heterocycles. The summed E-state index contributed by atoms with van der Waals surface area (Å²) in [5, 5.41) is 0. The number of nitrogen functional groups attached to an aromatic ring is 1. The van der Waals surface area contributed by atoms with Crippen molar-refractivity contribution in [3.8, 4) is 22.8 Å². The number of carbonyl (C=O) groups is 1. The third kappa shape index (κ3) is 2.94. The molecular formula is C19H17BrN3O3+. The third-order valence-electron chi connectivity index (χ3n) is 4.43. The molecule has 0 saturated heterocycles. The van der Waals surface area contributed by atoms with Crippen molar-refractivity contribution in [2.24, 2.45) is 7.05 Å². The van der Waals surface area contributed by atoms with E-state index in [9.17, 15) is 4.79 Å². The van der Waals surface area contributed by atoms with Crippen molar-refractivity contribution in [3.05, 3.63) is 58.7 Å². The van der Waals surface area contributed by atoms with E-state index < -0.39 is 0 Å². The van der Waals surface area contributed by atoms with Crippen LogP contribution in [0.5, 0.6) is 11.5 Å². The van der Waals surface area contributed by atoms with E-state index >= 15 is 0 Å². The molecule has 1 aromatic heterocycles. The molecule has 1 aliphatic rings. The van der Waals surface area contributed by atoms with Crippen LogP contribution in [0.2, 0.25) is 0 Å². The first-order valence-electron chi connectivity index (χ1n) is 8.06. The molecule has 0 fully saturated rings. The van der Waals surface area contributed by atoms with Crippen molar-refractivity contribution in [1.82, 2.24) is 4.57 Å². The molecular weight excluding hydrogens is 398 g/mol. The van der Waals surface area contributed by atoms with Crippen molar-refractivity contribution in [1.29, 1.82) is 0 Å². The van der Waals surface area contributed by atoms with Crippen LogP contribution in [0.15, 0.2) is 53.1 Å². The zero-order chi connectivity index (χ0) is 18.3. The number of imidazole rings is 1. The minimum absolute atomic E-state index is 0.00274. The second-order valence-electron chi connectivity index (χ2n) is 6.06. The van der Waals surface area contributed by atoms with E-state index in [1.54, 1.807) is 16.7 Å². The zero-order valence-corrected chi connectivity index (χ0v) is 15.7. The highest BCUT2D eigenvalue weighted by molar-refractivity contribution is 9.10. The van der Waals surface area contributed by atoms with Gasteiger partial charge in [-0.15, -0.1) is 0 Å². The Morgan fingerprint density at radius 1 is 1.19 bits per heavy atom. The predicted octanol–water partition coefficient (Wildman–Crippen LogP) is 2.94. The largest absolute Gasteiger partial charge is 0.454 e. The number of hydrogen-bond acceptors (Lipinski definition) is 4. The molecule has 0 unspecified atom stereocenters. The first-order valence-corrected chi connectivity index (χ1v) is 8.85. The van der Waals surface area contributed by atoms with Crippen molar-refractivity contribution in [3.63, 3.8) is 0 Å². The number of benzene rings is 2. The summed E-state index contributed by atoms with van der Waals surface area (Å²) in [4.78, 5) is 12.6. The number of carbonyl (C=O) groups excluding carboxylic acids is 1. The van der Waals surface area contributed by atoms with Crippen LogP contribution in [0.4, 0.5) is 5.95 Å². The number of hydrogen-bond donors (Lipinski definition) is 1. The van der Waals surface area contributed by atoms with Gasteiger partial charge in [0, 0.05) is 15.6 Å². The monoisotopic (exact) mass is 414 g/mol. The van der Waals surface area contributed by atoms with Gasteiger partial charge in [-0.1, -0.05) is 28.1 Å². The molecule has 0 saturated carbocycles. The summed E-state index contributed by atoms with van der Waals surface area (Å²) in [6.45, 7) is 0.404. The Labute approximate surface area is 158 Å². The lowest BCUT2D eigenvalue weighted by Gasteiger charge is -2.01. The number of ether oxygens (including phenoxy) is 2. The quantitative estimate of drug-likeness (QED) is 0.526. The fourth-order valence-corrected chi connectivity index (χ4v) is 3.21. The molecule has 2 heterocycles. The fourth-order valence-electron chi connectivity index (χ4n) is 2.95. The standard InChI is InChI=1S/C19H16BrN3O3/c1-22-15(13-4-7-17-18(8-13)26-11-25-17)9-23(19(22)21)10-16(24)12-2-5-14(20)6-3-12/h2-9,21H,10-11H2,1H3/p+1. The molecule has 0 atom stereocenters. The highest BCUT2D eigenvalue weighted by Gasteiger charge is 2.22. The molecule has 0 amide bonds. The summed E-state index contributed by atoms with van der Waals surface area (Å²) >= 11 is 3.37. The molecule has 7 heteroatoms. The Balaban J connectivity index is 1.63. The van der Waals surface area contributed by atoms with Crippen LogP contribution in [0.3, 0.4) is 0 Å². The van der Waals surface area contributed by atoms with E-state index in [4.69, 9.17) is 15.2 Å². The van der Waals surface area contributed by atoms with Gasteiger partial charge >= 0.3 is 5.95 Å². The van der Waals surface area contributed by atoms with E-state index in [-0.39, 0.29) is 19.1 Å². The third-order valence-corrected chi connectivity index (χ3v) is 4.95. The maximum absolute atomic E-state index is 12.6. The lowest BCUT2D eigenvalue weighted by Crippen LogP contribution is -2.39. The van der Waals surface area contributed by atoms with Crippen LogP contribution in [-0.4, -0.2) is 17.1 Å². The predicted molar refractivity (Wildman–Crippen MR) is 100 cm³/mol. The van der Waals surface area contributed by atoms with E-state index in [0.717, 1.165) is 21.5 Å². The molecule has 0 bridgehead atoms. The Hall–Kier alpha value is -2.80. The minimum atomic E-state index is -0.00274. The zero-order valence-electron chi connectivity index (χ0n) is 14.1. The smallest absolute Gasteiger partial charge is 0.355 e. The highest BCUT2D eigenvalue weighted by Crippen LogP contribution is 2.35. The van der Waals surface area contributed by atoms with E-state index in [2.05, 4.69) is 15.9 Å². The summed E-state index contributed by atoms with van der Waals surface area (Å²) in [5.41, 5.74) is 8.70. The summed E-state index contributed by atoms with van der Waals surface area (Å²) < 4.78 is 15.3. The van der Waals surface area contributed by atoms with Gasteiger partial charge in [-0.25, -0.2) is 9.13 Å². The summed E-state index contributed by atoms with van der Waals surface area (Å²) in [7, 11) is 1.87. The molecule has 26 heavy (non-hydrogen) atoms. The maximum atomic E-state index is 12.6. The number of nitrogens with two attached hydrogens (primary N) is 1. The van der Waals surface area contributed by atoms with E-state index in [1.165, 1.54) is 0 Å². The van der Waals surface area contributed by atoms with Gasteiger partial charge in [-0.2, -0.15) is 0 Å². The van der Waals surface area contributed by atoms with Crippen molar-refractivity contribution in [2.45, 2.75) is 6.54 Å². The lowest BCUT2D eigenvalue weighted by molar-refractivity contribution is -0.667. The average molecular weight is 415 g/mol. The molecule has 2 aromatic carbocycles. The number of rotatable bonds is 4. The van der Waals surface area contributed by atoms with Gasteiger partial charge < -0.3 is 9.47 Å². The minimum Gasteiger partial charge on any atom is -0.454 e. The van der Waals surface area contributed by atoms with Crippen molar-refractivity contribution in [2.75, 3.05) is 12.5 Å². The van der Waals surface area contributed by atoms with Crippen LogP contribution in [-0.2, 0) is 13.6 Å². The van der Waals surface area contributed by atoms with Crippen LogP contribution in [0, 0.1) is 0 Å². The van der Waals surface area contributed by atoms with Gasteiger partial charge in [0.25, 0.3) is 0 Å². The molecule has 2 N–H and O–H groups in total. The van der Waals surface area contributed by atoms with Gasteiger partial charge in [0.05, 0.1) is 7.05 Å². The Bertz CT molecular complexity index is 996. The molecule has 0 aliphatic carbocycles. The first kappa shape index (κ1) is 16.7. The number of aromatic nitrogens is 2. The van der Waals surface area contributed by atoms with Crippen molar-refractivity contribution >= 4 is 27.7 Å². The first-order chi connectivity index (χ1) is 12.5. The van der Waals surface area contributed by atoms with Gasteiger partial charge in [-0.05, 0) is 30.3 Å². The molecule has 3 aromatic rings. The van der Waals surface area contributed by atoms with Crippen LogP contribution < -0.4 is 19.8 Å². The highest BCUT2D eigenvalue weighted by atomic mass is 79.9. The normalized spacial score (nSPS) is 12.4. The Morgan fingerprint density at radius 3 is 2.69 bits per heavy atom. The Kier molecular flexibility index (Phi) is 4.16. The lowest BCUT2D eigenvalue weighted by atomic mass is 10.1. The average Bonchev–Trinajstić information content (AvgIpc) is 3.21. The number of fused-ring (bicyclic) bond motifs is 1. The summed E-state index contributed by atoms with van der Waals surface area (Å²) in [5.74, 6) is 1.94. The fraction of sp³-hybridized carbons (Fsp3) is 0.158. The number of Topliss-reactive ketones (excluding diaryl/α,β-unsaturated/α-hetero) is 1. The second-order valence-corrected chi connectivity index (χ2v) is 6.97. The van der Waals surface area contributed by atoms with Crippen LogP contribution in [0.1, 0.15) is 10.4 Å². The van der Waals surface area contributed by atoms with E-state index in [0.29, 0.717) is 17.3 Å². The molecule has 4 rings (SSSR count).